The Kier molecular flexibility index (Phi) is 4.16. The van der Waals surface area contributed by atoms with E-state index in [1.54, 1.807) is 0 Å². The summed E-state index contributed by atoms with van der Waals surface area (Å²) in [4.78, 5) is 10.8. The molecule has 1 atom stereocenters. The molecule has 0 saturated heterocycles. The van der Waals surface area contributed by atoms with Crippen LogP contribution >= 0.6 is 0 Å². The predicted octanol–water partition coefficient (Wildman–Crippen LogP) is 2.82. The fourth-order valence-electron chi connectivity index (χ4n) is 1.14. The molecule has 0 aliphatic rings. The molecular weight excluding hydrogens is 190 g/mol. The fraction of sp³-hybridized carbons (Fsp3) is 0.417. The summed E-state index contributed by atoms with van der Waals surface area (Å²) in [7, 11) is 0. The first-order valence-electron chi connectivity index (χ1n) is 5.16. The van der Waals surface area contributed by atoms with E-state index in [1.807, 2.05) is 31.2 Å². The molecule has 0 aromatic heterocycles. The van der Waals surface area contributed by atoms with Crippen LogP contribution in [0.25, 0.3) is 0 Å². The lowest BCUT2D eigenvalue weighted by Gasteiger charge is -2.12. The number of amides is 1. The molecule has 0 saturated carbocycles. The van der Waals surface area contributed by atoms with Crippen molar-refractivity contribution >= 4 is 11.6 Å². The van der Waals surface area contributed by atoms with Gasteiger partial charge in [0.05, 0.1) is 6.10 Å². The summed E-state index contributed by atoms with van der Waals surface area (Å²) in [6.45, 7) is 5.60. The molecule has 82 valence electrons. The molecule has 3 nitrogen and oxygen atoms in total. The lowest BCUT2D eigenvalue weighted by Crippen LogP contribution is -2.10. The zero-order valence-electron chi connectivity index (χ0n) is 9.41. The van der Waals surface area contributed by atoms with Crippen molar-refractivity contribution in [3.8, 4) is 5.75 Å². The van der Waals surface area contributed by atoms with Crippen LogP contribution in [0.4, 0.5) is 5.69 Å². The maximum absolute atomic E-state index is 10.8. The highest BCUT2D eigenvalue weighted by Gasteiger charge is 2.01. The molecule has 0 aliphatic heterocycles. The van der Waals surface area contributed by atoms with Gasteiger partial charge in [-0.3, -0.25) is 4.79 Å². The first-order chi connectivity index (χ1) is 7.11. The van der Waals surface area contributed by atoms with Crippen LogP contribution in [-0.4, -0.2) is 12.0 Å². The molecule has 0 fully saturated rings. The molecule has 3 heteroatoms. The number of carbonyl (C=O) groups is 1. The van der Waals surface area contributed by atoms with Crippen LogP contribution in [-0.2, 0) is 4.79 Å². The summed E-state index contributed by atoms with van der Waals surface area (Å²) in [6.07, 6.45) is 1.20. The molecular formula is C12H17NO2. The molecule has 1 N–H and O–H groups in total. The second-order valence-electron chi connectivity index (χ2n) is 3.54. The highest BCUT2D eigenvalue weighted by atomic mass is 16.5. The van der Waals surface area contributed by atoms with Gasteiger partial charge in [-0.25, -0.2) is 0 Å². The van der Waals surface area contributed by atoms with Crippen LogP contribution in [0.5, 0.6) is 5.75 Å². The Hall–Kier alpha value is -1.51. The SMILES string of the molecule is CC[C@@H](C)Oc1ccc(NC(C)=O)cc1. The maximum atomic E-state index is 10.8. The molecule has 1 rings (SSSR count). The van der Waals surface area contributed by atoms with Crippen molar-refractivity contribution in [2.75, 3.05) is 5.32 Å². The molecule has 1 aromatic carbocycles. The standard InChI is InChI=1S/C12H17NO2/c1-4-9(2)15-12-7-5-11(6-8-12)13-10(3)14/h5-9H,4H2,1-3H3,(H,13,14)/t9-/m1/s1. The third-order valence-electron chi connectivity index (χ3n) is 2.09. The van der Waals surface area contributed by atoms with Crippen molar-refractivity contribution < 1.29 is 9.53 Å². The average Bonchev–Trinajstić information content (AvgIpc) is 2.20. The number of benzene rings is 1. The van der Waals surface area contributed by atoms with Crippen LogP contribution in [0.3, 0.4) is 0 Å². The third kappa shape index (κ3) is 4.02. The first-order valence-corrected chi connectivity index (χ1v) is 5.16. The molecule has 0 bridgehead atoms. The van der Waals surface area contributed by atoms with Crippen LogP contribution in [0.2, 0.25) is 0 Å². The molecule has 0 unspecified atom stereocenters. The van der Waals surface area contributed by atoms with Crippen molar-refractivity contribution in [2.24, 2.45) is 0 Å². The minimum atomic E-state index is -0.0643. The van der Waals surface area contributed by atoms with Crippen molar-refractivity contribution in [2.45, 2.75) is 33.3 Å². The van der Waals surface area contributed by atoms with E-state index in [-0.39, 0.29) is 12.0 Å². The van der Waals surface area contributed by atoms with E-state index < -0.39 is 0 Å². The molecule has 1 aromatic rings. The normalized spacial score (nSPS) is 11.9. The molecule has 0 spiro atoms. The van der Waals surface area contributed by atoms with Gasteiger partial charge in [0, 0.05) is 12.6 Å². The zero-order valence-corrected chi connectivity index (χ0v) is 9.41. The minimum absolute atomic E-state index is 0.0643. The summed E-state index contributed by atoms with van der Waals surface area (Å²) in [5.41, 5.74) is 0.791. The number of nitrogens with one attached hydrogen (secondary N) is 1. The first kappa shape index (κ1) is 11.6. The Morgan fingerprint density at radius 1 is 1.40 bits per heavy atom. The second kappa shape index (κ2) is 5.39. The highest BCUT2D eigenvalue weighted by molar-refractivity contribution is 5.88. The monoisotopic (exact) mass is 207 g/mol. The number of anilines is 1. The van der Waals surface area contributed by atoms with Gasteiger partial charge in [-0.15, -0.1) is 0 Å². The summed E-state index contributed by atoms with van der Waals surface area (Å²) in [5, 5.41) is 2.70. The van der Waals surface area contributed by atoms with E-state index in [2.05, 4.69) is 12.2 Å². The average molecular weight is 207 g/mol. The summed E-state index contributed by atoms with van der Waals surface area (Å²) < 4.78 is 5.61. The van der Waals surface area contributed by atoms with Gasteiger partial charge >= 0.3 is 0 Å². The summed E-state index contributed by atoms with van der Waals surface area (Å²) >= 11 is 0. The van der Waals surface area contributed by atoms with E-state index in [0.29, 0.717) is 0 Å². The fourth-order valence-corrected chi connectivity index (χ4v) is 1.14. The number of rotatable bonds is 4. The van der Waals surface area contributed by atoms with E-state index in [9.17, 15) is 4.79 Å². The molecule has 0 aliphatic carbocycles. The van der Waals surface area contributed by atoms with Gasteiger partial charge in [0.2, 0.25) is 5.91 Å². The maximum Gasteiger partial charge on any atom is 0.221 e. The van der Waals surface area contributed by atoms with Gasteiger partial charge in [0.15, 0.2) is 0 Å². The number of hydrogen-bond donors (Lipinski definition) is 1. The lowest BCUT2D eigenvalue weighted by molar-refractivity contribution is -0.114. The minimum Gasteiger partial charge on any atom is -0.491 e. The highest BCUT2D eigenvalue weighted by Crippen LogP contribution is 2.17. The summed E-state index contributed by atoms with van der Waals surface area (Å²) in [6, 6.07) is 7.38. The third-order valence-corrected chi connectivity index (χ3v) is 2.09. The van der Waals surface area contributed by atoms with Gasteiger partial charge in [-0.1, -0.05) is 6.92 Å². The molecule has 0 radical (unpaired) electrons. The van der Waals surface area contributed by atoms with Crippen LogP contribution in [0, 0.1) is 0 Å². The van der Waals surface area contributed by atoms with Crippen molar-refractivity contribution in [3.63, 3.8) is 0 Å². The summed E-state index contributed by atoms with van der Waals surface area (Å²) in [5.74, 6) is 0.768. The van der Waals surface area contributed by atoms with Crippen LogP contribution < -0.4 is 10.1 Å². The number of carbonyl (C=O) groups excluding carboxylic acids is 1. The lowest BCUT2D eigenvalue weighted by atomic mass is 10.3. The van der Waals surface area contributed by atoms with Gasteiger partial charge < -0.3 is 10.1 Å². The molecule has 0 heterocycles. The van der Waals surface area contributed by atoms with Gasteiger partial charge in [-0.05, 0) is 37.6 Å². The number of ether oxygens (including phenoxy) is 1. The van der Waals surface area contributed by atoms with Crippen molar-refractivity contribution in [3.05, 3.63) is 24.3 Å². The Balaban J connectivity index is 2.60. The van der Waals surface area contributed by atoms with Gasteiger partial charge in [0.1, 0.15) is 5.75 Å². The zero-order chi connectivity index (χ0) is 11.3. The van der Waals surface area contributed by atoms with Crippen LogP contribution in [0.15, 0.2) is 24.3 Å². The Morgan fingerprint density at radius 2 is 2.00 bits per heavy atom. The Morgan fingerprint density at radius 3 is 2.47 bits per heavy atom. The van der Waals surface area contributed by atoms with E-state index in [1.165, 1.54) is 6.92 Å². The largest absolute Gasteiger partial charge is 0.491 e. The second-order valence-corrected chi connectivity index (χ2v) is 3.54. The van der Waals surface area contributed by atoms with Gasteiger partial charge in [-0.2, -0.15) is 0 Å². The van der Waals surface area contributed by atoms with Crippen molar-refractivity contribution in [1.82, 2.24) is 0 Å². The number of hydrogen-bond acceptors (Lipinski definition) is 2. The topological polar surface area (TPSA) is 38.3 Å². The van der Waals surface area contributed by atoms with E-state index in [0.717, 1.165) is 17.9 Å². The Labute approximate surface area is 90.4 Å². The van der Waals surface area contributed by atoms with Crippen molar-refractivity contribution in [1.29, 1.82) is 0 Å². The van der Waals surface area contributed by atoms with Gasteiger partial charge in [0.25, 0.3) is 0 Å². The molecule has 15 heavy (non-hydrogen) atoms. The van der Waals surface area contributed by atoms with E-state index in [4.69, 9.17) is 4.74 Å². The van der Waals surface area contributed by atoms with Crippen LogP contribution in [0.1, 0.15) is 27.2 Å². The predicted molar refractivity (Wildman–Crippen MR) is 61.1 cm³/mol. The molecule has 1 amide bonds. The van der Waals surface area contributed by atoms with E-state index >= 15 is 0 Å². The smallest absolute Gasteiger partial charge is 0.221 e. The quantitative estimate of drug-likeness (QED) is 0.824. The Bertz CT molecular complexity index is 319.